The summed E-state index contributed by atoms with van der Waals surface area (Å²) in [7, 11) is 0. The van der Waals surface area contributed by atoms with E-state index in [-0.39, 0.29) is 10.6 Å². The minimum Gasteiger partial charge on any atom is -0.480 e. The summed E-state index contributed by atoms with van der Waals surface area (Å²) in [5.41, 5.74) is 0.904. The molecule has 1 aromatic rings. The summed E-state index contributed by atoms with van der Waals surface area (Å²) in [4.78, 5) is 22.4. The van der Waals surface area contributed by atoms with Gasteiger partial charge in [-0.2, -0.15) is 0 Å². The van der Waals surface area contributed by atoms with Gasteiger partial charge in [-0.15, -0.1) is 0 Å². The summed E-state index contributed by atoms with van der Waals surface area (Å²) < 4.78 is 0. The molecule has 1 aromatic carbocycles. The van der Waals surface area contributed by atoms with Crippen LogP contribution in [0.4, 0.5) is 0 Å². The SMILES string of the molecule is Cc1cccc(C(=O)N[C@@H](CO)C(=O)O)c1Cl. The number of aliphatic carboxylic acids is 1. The van der Waals surface area contributed by atoms with Crippen LogP contribution in [0, 0.1) is 6.92 Å². The van der Waals surface area contributed by atoms with Gasteiger partial charge in [0.2, 0.25) is 0 Å². The number of hydrogen-bond donors (Lipinski definition) is 3. The Morgan fingerprint density at radius 2 is 2.12 bits per heavy atom. The number of halogens is 1. The molecule has 1 rings (SSSR count). The van der Waals surface area contributed by atoms with Crippen molar-refractivity contribution in [3.05, 3.63) is 34.3 Å². The van der Waals surface area contributed by atoms with E-state index < -0.39 is 24.5 Å². The number of hydrogen-bond acceptors (Lipinski definition) is 3. The van der Waals surface area contributed by atoms with E-state index in [1.165, 1.54) is 6.07 Å². The third kappa shape index (κ3) is 3.18. The molecular weight excluding hydrogens is 246 g/mol. The van der Waals surface area contributed by atoms with Crippen LogP contribution in [0.5, 0.6) is 0 Å². The number of carboxylic acids is 1. The molecule has 5 nitrogen and oxygen atoms in total. The number of amides is 1. The van der Waals surface area contributed by atoms with Crippen LogP contribution in [0.3, 0.4) is 0 Å². The van der Waals surface area contributed by atoms with Crippen molar-refractivity contribution in [2.24, 2.45) is 0 Å². The van der Waals surface area contributed by atoms with Gasteiger partial charge in [0.05, 0.1) is 17.2 Å². The van der Waals surface area contributed by atoms with Crippen molar-refractivity contribution in [2.45, 2.75) is 13.0 Å². The first-order valence-electron chi connectivity index (χ1n) is 4.87. The van der Waals surface area contributed by atoms with E-state index >= 15 is 0 Å². The molecular formula is C11H12ClNO4. The van der Waals surface area contributed by atoms with Gasteiger partial charge in [-0.25, -0.2) is 4.79 Å². The van der Waals surface area contributed by atoms with Crippen LogP contribution >= 0.6 is 11.6 Å². The van der Waals surface area contributed by atoms with Gasteiger partial charge >= 0.3 is 5.97 Å². The molecule has 0 fully saturated rings. The number of aliphatic hydroxyl groups is 1. The summed E-state index contributed by atoms with van der Waals surface area (Å²) in [6, 6.07) is 3.53. The molecule has 0 aliphatic heterocycles. The Morgan fingerprint density at radius 3 is 2.65 bits per heavy atom. The van der Waals surface area contributed by atoms with Crippen molar-refractivity contribution in [1.29, 1.82) is 0 Å². The predicted molar refractivity (Wildman–Crippen MR) is 62.2 cm³/mol. The monoisotopic (exact) mass is 257 g/mol. The Morgan fingerprint density at radius 1 is 1.47 bits per heavy atom. The number of aliphatic hydroxyl groups excluding tert-OH is 1. The van der Waals surface area contributed by atoms with Gasteiger partial charge in [0, 0.05) is 0 Å². The zero-order valence-electron chi connectivity index (χ0n) is 9.11. The van der Waals surface area contributed by atoms with E-state index in [9.17, 15) is 9.59 Å². The molecule has 0 radical (unpaired) electrons. The van der Waals surface area contributed by atoms with E-state index in [0.717, 1.165) is 5.56 Å². The lowest BCUT2D eigenvalue weighted by Crippen LogP contribution is -2.43. The van der Waals surface area contributed by atoms with Crippen molar-refractivity contribution in [1.82, 2.24) is 5.32 Å². The third-order valence-corrected chi connectivity index (χ3v) is 2.72. The van der Waals surface area contributed by atoms with Crippen LogP contribution in [-0.4, -0.2) is 34.7 Å². The number of carbonyl (C=O) groups is 2. The largest absolute Gasteiger partial charge is 0.480 e. The van der Waals surface area contributed by atoms with Gasteiger partial charge in [-0.3, -0.25) is 4.79 Å². The van der Waals surface area contributed by atoms with Crippen LogP contribution in [0.15, 0.2) is 18.2 Å². The first kappa shape index (κ1) is 13.5. The minimum absolute atomic E-state index is 0.186. The molecule has 17 heavy (non-hydrogen) atoms. The summed E-state index contributed by atoms with van der Waals surface area (Å²) in [6.45, 7) is 1.06. The predicted octanol–water partition coefficient (Wildman–Crippen LogP) is 0.824. The highest BCUT2D eigenvalue weighted by Crippen LogP contribution is 2.20. The summed E-state index contributed by atoms with van der Waals surface area (Å²) in [6.07, 6.45) is 0. The second-order valence-corrected chi connectivity index (χ2v) is 3.86. The molecule has 0 bridgehead atoms. The van der Waals surface area contributed by atoms with Crippen molar-refractivity contribution >= 4 is 23.5 Å². The highest BCUT2D eigenvalue weighted by atomic mass is 35.5. The molecule has 0 aliphatic rings. The standard InChI is InChI=1S/C11H12ClNO4/c1-6-3-2-4-7(9(6)12)10(15)13-8(5-14)11(16)17/h2-4,8,14H,5H2,1H3,(H,13,15)(H,16,17)/t8-/m0/s1. The Labute approximate surface area is 103 Å². The molecule has 0 unspecified atom stereocenters. The molecule has 0 aliphatic carbocycles. The lowest BCUT2D eigenvalue weighted by atomic mass is 10.1. The second-order valence-electron chi connectivity index (χ2n) is 3.48. The van der Waals surface area contributed by atoms with E-state index in [2.05, 4.69) is 5.32 Å². The van der Waals surface area contributed by atoms with Gasteiger partial charge in [0.25, 0.3) is 5.91 Å². The summed E-state index contributed by atoms with van der Waals surface area (Å²) in [5.74, 6) is -1.93. The molecule has 1 amide bonds. The molecule has 0 saturated heterocycles. The second kappa shape index (κ2) is 5.65. The van der Waals surface area contributed by atoms with Gasteiger partial charge < -0.3 is 15.5 Å². The Hall–Kier alpha value is -1.59. The molecule has 92 valence electrons. The van der Waals surface area contributed by atoms with Crippen LogP contribution in [0.25, 0.3) is 0 Å². The zero-order chi connectivity index (χ0) is 13.0. The molecule has 3 N–H and O–H groups in total. The zero-order valence-corrected chi connectivity index (χ0v) is 9.86. The lowest BCUT2D eigenvalue weighted by Gasteiger charge is -2.12. The number of carbonyl (C=O) groups excluding carboxylic acids is 1. The number of rotatable bonds is 4. The molecule has 0 aromatic heterocycles. The van der Waals surface area contributed by atoms with Crippen molar-refractivity contribution in [2.75, 3.05) is 6.61 Å². The van der Waals surface area contributed by atoms with Crippen LogP contribution in [0.1, 0.15) is 15.9 Å². The van der Waals surface area contributed by atoms with Crippen molar-refractivity contribution in [3.63, 3.8) is 0 Å². The fourth-order valence-corrected chi connectivity index (χ4v) is 1.46. The molecule has 0 heterocycles. The lowest BCUT2D eigenvalue weighted by molar-refractivity contribution is -0.140. The number of benzene rings is 1. The van der Waals surface area contributed by atoms with Gasteiger partial charge in [-0.05, 0) is 18.6 Å². The van der Waals surface area contributed by atoms with E-state index in [0.29, 0.717) is 0 Å². The maximum absolute atomic E-state index is 11.7. The summed E-state index contributed by atoms with van der Waals surface area (Å²) >= 11 is 5.92. The van der Waals surface area contributed by atoms with Gasteiger partial charge in [0.15, 0.2) is 6.04 Å². The topological polar surface area (TPSA) is 86.6 Å². The van der Waals surface area contributed by atoms with E-state index in [4.69, 9.17) is 21.8 Å². The highest BCUT2D eigenvalue weighted by Gasteiger charge is 2.21. The Bertz CT molecular complexity index is 447. The Balaban J connectivity index is 2.90. The van der Waals surface area contributed by atoms with Crippen LogP contribution in [0.2, 0.25) is 5.02 Å². The van der Waals surface area contributed by atoms with E-state index in [1.807, 2.05) is 0 Å². The highest BCUT2D eigenvalue weighted by molar-refractivity contribution is 6.34. The summed E-state index contributed by atoms with van der Waals surface area (Å²) in [5, 5.41) is 19.9. The molecule has 0 spiro atoms. The fraction of sp³-hybridized carbons (Fsp3) is 0.273. The Kier molecular flexibility index (Phi) is 4.48. The number of aryl methyl sites for hydroxylation is 1. The van der Waals surface area contributed by atoms with Gasteiger partial charge in [-0.1, -0.05) is 23.7 Å². The first-order valence-corrected chi connectivity index (χ1v) is 5.24. The third-order valence-electron chi connectivity index (χ3n) is 2.22. The van der Waals surface area contributed by atoms with Gasteiger partial charge in [0.1, 0.15) is 0 Å². The molecule has 6 heteroatoms. The maximum atomic E-state index is 11.7. The van der Waals surface area contributed by atoms with E-state index in [1.54, 1.807) is 19.1 Å². The van der Waals surface area contributed by atoms with Crippen molar-refractivity contribution < 1.29 is 19.8 Å². The molecule has 1 atom stereocenters. The first-order chi connectivity index (χ1) is 7.97. The quantitative estimate of drug-likeness (QED) is 0.745. The van der Waals surface area contributed by atoms with Crippen molar-refractivity contribution in [3.8, 4) is 0 Å². The number of nitrogens with one attached hydrogen (secondary N) is 1. The fourth-order valence-electron chi connectivity index (χ4n) is 1.24. The van der Waals surface area contributed by atoms with Crippen LogP contribution in [-0.2, 0) is 4.79 Å². The average Bonchev–Trinajstić information content (AvgIpc) is 2.28. The maximum Gasteiger partial charge on any atom is 0.328 e. The van der Waals surface area contributed by atoms with Crippen LogP contribution < -0.4 is 5.32 Å². The smallest absolute Gasteiger partial charge is 0.328 e. The minimum atomic E-state index is -1.33. The average molecular weight is 258 g/mol. The normalized spacial score (nSPS) is 11.9. The molecule has 0 saturated carbocycles. The number of carboxylic acid groups (broad SMARTS) is 1.